The first kappa shape index (κ1) is 13.3. The molecule has 0 fully saturated rings. The maximum Gasteiger partial charge on any atom is 0.119 e. The molecular weight excluding hydrogens is 267 g/mol. The molecule has 94 valence electrons. The zero-order valence-electron chi connectivity index (χ0n) is 10.3. The standard InChI is InChI=1S/C15H14Cl2O/c1-10-8-13(18-2)6-7-14(10)15(17)11-4-3-5-12(16)9-11/h3-9,15H,1-2H3. The van der Waals surface area contributed by atoms with Crippen molar-refractivity contribution in [1.29, 1.82) is 0 Å². The molecule has 2 aromatic rings. The molecule has 1 atom stereocenters. The van der Waals surface area contributed by atoms with Gasteiger partial charge in [-0.15, -0.1) is 11.6 Å². The molecule has 0 amide bonds. The van der Waals surface area contributed by atoms with Crippen LogP contribution in [0.15, 0.2) is 42.5 Å². The lowest BCUT2D eigenvalue weighted by Gasteiger charge is -2.14. The van der Waals surface area contributed by atoms with Gasteiger partial charge in [0.15, 0.2) is 0 Å². The monoisotopic (exact) mass is 280 g/mol. The van der Waals surface area contributed by atoms with Gasteiger partial charge in [-0.1, -0.05) is 29.8 Å². The molecule has 0 aliphatic rings. The van der Waals surface area contributed by atoms with Crippen molar-refractivity contribution >= 4 is 23.2 Å². The summed E-state index contributed by atoms with van der Waals surface area (Å²) in [6, 6.07) is 13.5. The average molecular weight is 281 g/mol. The summed E-state index contributed by atoms with van der Waals surface area (Å²) in [6.07, 6.45) is 0. The fraction of sp³-hybridized carbons (Fsp3) is 0.200. The SMILES string of the molecule is COc1ccc(C(Cl)c2cccc(Cl)c2)c(C)c1. The van der Waals surface area contributed by atoms with Gasteiger partial charge in [-0.05, 0) is 47.9 Å². The van der Waals surface area contributed by atoms with E-state index in [1.807, 2.05) is 49.4 Å². The molecule has 18 heavy (non-hydrogen) atoms. The number of hydrogen-bond donors (Lipinski definition) is 0. The van der Waals surface area contributed by atoms with Gasteiger partial charge < -0.3 is 4.74 Å². The minimum Gasteiger partial charge on any atom is -0.497 e. The van der Waals surface area contributed by atoms with E-state index in [4.69, 9.17) is 27.9 Å². The van der Waals surface area contributed by atoms with Gasteiger partial charge in [0.05, 0.1) is 12.5 Å². The van der Waals surface area contributed by atoms with Crippen LogP contribution in [0.1, 0.15) is 22.1 Å². The molecule has 2 rings (SSSR count). The predicted octanol–water partition coefficient (Wildman–Crippen LogP) is 4.99. The Morgan fingerprint density at radius 2 is 1.89 bits per heavy atom. The Kier molecular flexibility index (Phi) is 4.15. The van der Waals surface area contributed by atoms with Crippen LogP contribution in [0.2, 0.25) is 5.02 Å². The van der Waals surface area contributed by atoms with E-state index in [-0.39, 0.29) is 5.38 Å². The summed E-state index contributed by atoms with van der Waals surface area (Å²) in [6.45, 7) is 2.03. The zero-order valence-corrected chi connectivity index (χ0v) is 11.8. The molecule has 0 aliphatic carbocycles. The Morgan fingerprint density at radius 1 is 1.11 bits per heavy atom. The highest BCUT2D eigenvalue weighted by Gasteiger charge is 2.13. The van der Waals surface area contributed by atoms with Gasteiger partial charge in [0, 0.05) is 5.02 Å². The smallest absolute Gasteiger partial charge is 0.119 e. The van der Waals surface area contributed by atoms with Gasteiger partial charge in [-0.3, -0.25) is 0 Å². The van der Waals surface area contributed by atoms with Gasteiger partial charge in [0.2, 0.25) is 0 Å². The van der Waals surface area contributed by atoms with E-state index in [0.717, 1.165) is 22.4 Å². The van der Waals surface area contributed by atoms with Crippen LogP contribution in [-0.4, -0.2) is 7.11 Å². The Hall–Kier alpha value is -1.18. The Labute approximate surface area is 117 Å². The summed E-state index contributed by atoms with van der Waals surface area (Å²) < 4.78 is 5.19. The molecule has 2 aromatic carbocycles. The van der Waals surface area contributed by atoms with Crippen LogP contribution in [-0.2, 0) is 0 Å². The summed E-state index contributed by atoms with van der Waals surface area (Å²) >= 11 is 12.5. The summed E-state index contributed by atoms with van der Waals surface area (Å²) in [7, 11) is 1.66. The van der Waals surface area contributed by atoms with Gasteiger partial charge in [-0.2, -0.15) is 0 Å². The highest BCUT2D eigenvalue weighted by atomic mass is 35.5. The lowest BCUT2D eigenvalue weighted by atomic mass is 10.00. The normalized spacial score (nSPS) is 12.2. The second-order valence-corrected chi connectivity index (χ2v) is 5.01. The predicted molar refractivity (Wildman–Crippen MR) is 76.9 cm³/mol. The first-order chi connectivity index (χ1) is 8.61. The number of ether oxygens (including phenoxy) is 1. The molecule has 0 saturated heterocycles. The Balaban J connectivity index is 2.37. The Morgan fingerprint density at radius 3 is 2.50 bits per heavy atom. The second-order valence-electron chi connectivity index (χ2n) is 4.14. The van der Waals surface area contributed by atoms with Crippen LogP contribution < -0.4 is 4.74 Å². The molecule has 0 bridgehead atoms. The maximum atomic E-state index is 6.50. The van der Waals surface area contributed by atoms with Crippen LogP contribution in [0, 0.1) is 6.92 Å². The van der Waals surface area contributed by atoms with Crippen LogP contribution in [0.4, 0.5) is 0 Å². The highest BCUT2D eigenvalue weighted by molar-refractivity contribution is 6.30. The van der Waals surface area contributed by atoms with Gasteiger partial charge in [0.1, 0.15) is 5.75 Å². The minimum atomic E-state index is -0.199. The van der Waals surface area contributed by atoms with Gasteiger partial charge in [0.25, 0.3) is 0 Å². The van der Waals surface area contributed by atoms with Gasteiger partial charge >= 0.3 is 0 Å². The van der Waals surface area contributed by atoms with E-state index < -0.39 is 0 Å². The summed E-state index contributed by atoms with van der Waals surface area (Å²) in [5.41, 5.74) is 3.17. The number of aryl methyl sites for hydroxylation is 1. The van der Waals surface area contributed by atoms with Crippen molar-refractivity contribution in [3.05, 3.63) is 64.2 Å². The van der Waals surface area contributed by atoms with E-state index in [9.17, 15) is 0 Å². The van der Waals surface area contributed by atoms with Crippen molar-refractivity contribution in [2.24, 2.45) is 0 Å². The third-order valence-electron chi connectivity index (χ3n) is 2.89. The second kappa shape index (κ2) is 5.64. The van der Waals surface area contributed by atoms with Crippen molar-refractivity contribution in [3.63, 3.8) is 0 Å². The van der Waals surface area contributed by atoms with Crippen LogP contribution in [0.25, 0.3) is 0 Å². The third kappa shape index (κ3) is 2.80. The lowest BCUT2D eigenvalue weighted by Crippen LogP contribution is -1.97. The van der Waals surface area contributed by atoms with Crippen molar-refractivity contribution < 1.29 is 4.74 Å². The summed E-state index contributed by atoms with van der Waals surface area (Å²) in [4.78, 5) is 0. The molecule has 0 spiro atoms. The maximum absolute atomic E-state index is 6.50. The fourth-order valence-corrected chi connectivity index (χ4v) is 2.48. The van der Waals surface area contributed by atoms with Crippen LogP contribution in [0.5, 0.6) is 5.75 Å². The number of benzene rings is 2. The summed E-state index contributed by atoms with van der Waals surface area (Å²) in [5, 5.41) is 0.499. The molecule has 0 N–H and O–H groups in total. The highest BCUT2D eigenvalue weighted by Crippen LogP contribution is 2.33. The number of halogens is 2. The molecule has 1 unspecified atom stereocenters. The number of hydrogen-bond acceptors (Lipinski definition) is 1. The molecule has 0 radical (unpaired) electrons. The van der Waals surface area contributed by atoms with Crippen molar-refractivity contribution in [2.75, 3.05) is 7.11 Å². The number of methoxy groups -OCH3 is 1. The topological polar surface area (TPSA) is 9.23 Å². The molecule has 0 aliphatic heterocycles. The fourth-order valence-electron chi connectivity index (χ4n) is 1.90. The molecular formula is C15H14Cl2O. The zero-order chi connectivity index (χ0) is 13.1. The van der Waals surface area contributed by atoms with E-state index in [1.54, 1.807) is 7.11 Å². The average Bonchev–Trinajstić information content (AvgIpc) is 2.37. The first-order valence-electron chi connectivity index (χ1n) is 5.66. The quantitative estimate of drug-likeness (QED) is 0.720. The van der Waals surface area contributed by atoms with Crippen molar-refractivity contribution in [3.8, 4) is 5.75 Å². The van der Waals surface area contributed by atoms with Crippen molar-refractivity contribution in [2.45, 2.75) is 12.3 Å². The number of alkyl halides is 1. The molecule has 0 heterocycles. The molecule has 0 saturated carbocycles. The Bertz CT molecular complexity index is 552. The van der Waals surface area contributed by atoms with Crippen LogP contribution in [0.3, 0.4) is 0 Å². The minimum absolute atomic E-state index is 0.199. The van der Waals surface area contributed by atoms with E-state index >= 15 is 0 Å². The molecule has 0 aromatic heterocycles. The van der Waals surface area contributed by atoms with E-state index in [2.05, 4.69) is 0 Å². The van der Waals surface area contributed by atoms with Gasteiger partial charge in [-0.25, -0.2) is 0 Å². The van der Waals surface area contributed by atoms with E-state index in [1.165, 1.54) is 0 Å². The first-order valence-corrected chi connectivity index (χ1v) is 6.47. The van der Waals surface area contributed by atoms with E-state index in [0.29, 0.717) is 5.02 Å². The molecule has 3 heteroatoms. The molecule has 1 nitrogen and oxygen atoms in total. The van der Waals surface area contributed by atoms with Crippen molar-refractivity contribution in [1.82, 2.24) is 0 Å². The largest absolute Gasteiger partial charge is 0.497 e. The third-order valence-corrected chi connectivity index (χ3v) is 3.61. The van der Waals surface area contributed by atoms with Crippen LogP contribution >= 0.6 is 23.2 Å². The summed E-state index contributed by atoms with van der Waals surface area (Å²) in [5.74, 6) is 0.839. The number of rotatable bonds is 3. The lowest BCUT2D eigenvalue weighted by molar-refractivity contribution is 0.414.